The van der Waals surface area contributed by atoms with E-state index in [9.17, 15) is 9.59 Å². The van der Waals surface area contributed by atoms with Gasteiger partial charge >= 0.3 is 5.97 Å². The number of ether oxygens (including phenoxy) is 1. The molecule has 4 rings (SSSR count). The minimum absolute atomic E-state index is 0.0906. The summed E-state index contributed by atoms with van der Waals surface area (Å²) in [4.78, 5) is 27.5. The van der Waals surface area contributed by atoms with Gasteiger partial charge in [0.25, 0.3) is 5.91 Å². The fraction of sp³-hybridized carbons (Fsp3) is 0.320. The number of esters is 1. The fourth-order valence-corrected chi connectivity index (χ4v) is 4.10. The molecule has 0 aliphatic carbocycles. The van der Waals surface area contributed by atoms with Gasteiger partial charge in [-0.15, -0.1) is 0 Å². The highest BCUT2D eigenvalue weighted by Crippen LogP contribution is 2.28. The van der Waals surface area contributed by atoms with Gasteiger partial charge in [0.2, 0.25) is 0 Å². The Balaban J connectivity index is 1.64. The van der Waals surface area contributed by atoms with E-state index in [2.05, 4.69) is 5.10 Å². The van der Waals surface area contributed by atoms with Crippen molar-refractivity contribution in [2.45, 2.75) is 26.3 Å². The molecule has 1 unspecified atom stereocenters. The first-order chi connectivity index (χ1) is 15.2. The van der Waals surface area contributed by atoms with E-state index >= 15 is 0 Å². The van der Waals surface area contributed by atoms with Crippen molar-refractivity contribution in [1.29, 1.82) is 0 Å². The lowest BCUT2D eigenvalue weighted by Gasteiger charge is -2.31. The summed E-state index contributed by atoms with van der Waals surface area (Å²) in [5.41, 5.74) is 3.42. The Morgan fingerprint density at radius 3 is 2.48 bits per heavy atom. The van der Waals surface area contributed by atoms with E-state index in [4.69, 9.17) is 4.74 Å². The largest absolute Gasteiger partial charge is 0.466 e. The van der Waals surface area contributed by atoms with Crippen molar-refractivity contribution in [3.05, 3.63) is 78.0 Å². The van der Waals surface area contributed by atoms with Crippen molar-refractivity contribution in [1.82, 2.24) is 14.7 Å². The Morgan fingerprint density at radius 1 is 1.06 bits per heavy atom. The molecule has 6 heteroatoms. The van der Waals surface area contributed by atoms with E-state index in [1.165, 1.54) is 0 Å². The molecule has 2 heterocycles. The summed E-state index contributed by atoms with van der Waals surface area (Å²) >= 11 is 0. The van der Waals surface area contributed by atoms with Crippen LogP contribution in [0.3, 0.4) is 0 Å². The van der Waals surface area contributed by atoms with Gasteiger partial charge in [0, 0.05) is 18.7 Å². The number of benzene rings is 2. The number of hydrogen-bond donors (Lipinski definition) is 0. The summed E-state index contributed by atoms with van der Waals surface area (Å²) < 4.78 is 7.06. The van der Waals surface area contributed by atoms with Crippen LogP contribution in [-0.2, 0) is 16.1 Å². The number of likely N-dealkylation sites (tertiary alicyclic amines) is 1. The van der Waals surface area contributed by atoms with Crippen LogP contribution in [0, 0.1) is 5.92 Å². The van der Waals surface area contributed by atoms with Crippen LogP contribution in [0.15, 0.2) is 66.9 Å². The molecule has 1 aromatic heterocycles. The lowest BCUT2D eigenvalue weighted by molar-refractivity contribution is -0.149. The maximum atomic E-state index is 13.5. The fourth-order valence-electron chi connectivity index (χ4n) is 4.10. The lowest BCUT2D eigenvalue weighted by Crippen LogP contribution is -2.42. The molecule has 31 heavy (non-hydrogen) atoms. The molecule has 2 aromatic carbocycles. The van der Waals surface area contributed by atoms with Crippen LogP contribution in [-0.4, -0.2) is 46.3 Å². The first-order valence-corrected chi connectivity index (χ1v) is 10.8. The molecule has 6 nitrogen and oxygen atoms in total. The standard InChI is InChI=1S/C25H27N3O3/c1-2-31-25(30)21-14-9-15-27(18-21)24(29)22-16-26-28(17-19-10-5-3-6-11-19)23(22)20-12-7-4-8-13-20/h3-8,10-13,16,21H,2,9,14-15,17-18H2,1H3. The topological polar surface area (TPSA) is 64.4 Å². The number of carbonyl (C=O) groups is 2. The predicted octanol–water partition coefficient (Wildman–Crippen LogP) is 4.01. The molecule has 1 fully saturated rings. The van der Waals surface area contributed by atoms with Crippen molar-refractivity contribution in [2.75, 3.05) is 19.7 Å². The van der Waals surface area contributed by atoms with Crippen LogP contribution >= 0.6 is 0 Å². The van der Waals surface area contributed by atoms with Crippen molar-refractivity contribution in [2.24, 2.45) is 5.92 Å². The summed E-state index contributed by atoms with van der Waals surface area (Å²) in [7, 11) is 0. The normalized spacial score (nSPS) is 16.2. The quantitative estimate of drug-likeness (QED) is 0.569. The van der Waals surface area contributed by atoms with E-state index in [0.29, 0.717) is 31.8 Å². The number of carbonyl (C=O) groups excluding carboxylic acids is 2. The molecule has 0 bridgehead atoms. The Hall–Kier alpha value is -3.41. The first-order valence-electron chi connectivity index (χ1n) is 10.8. The summed E-state index contributed by atoms with van der Waals surface area (Å²) in [5, 5.41) is 4.56. The van der Waals surface area contributed by atoms with Crippen molar-refractivity contribution >= 4 is 11.9 Å². The van der Waals surface area contributed by atoms with Gasteiger partial charge in [0.05, 0.1) is 36.5 Å². The molecule has 1 amide bonds. The van der Waals surface area contributed by atoms with Gasteiger partial charge in [0.1, 0.15) is 0 Å². The number of nitrogens with zero attached hydrogens (tertiary/aromatic N) is 3. The molecule has 1 aliphatic heterocycles. The predicted molar refractivity (Wildman–Crippen MR) is 118 cm³/mol. The zero-order chi connectivity index (χ0) is 21.6. The van der Waals surface area contributed by atoms with Gasteiger partial charge in [-0.05, 0) is 25.3 Å². The Bertz CT molecular complexity index is 1030. The van der Waals surface area contributed by atoms with Gasteiger partial charge in [-0.1, -0.05) is 60.7 Å². The second-order valence-corrected chi connectivity index (χ2v) is 7.76. The highest BCUT2D eigenvalue weighted by molar-refractivity contribution is 6.00. The molecular weight excluding hydrogens is 390 g/mol. The third-order valence-electron chi connectivity index (χ3n) is 5.62. The lowest BCUT2D eigenvalue weighted by atomic mass is 9.97. The maximum absolute atomic E-state index is 13.5. The molecule has 0 radical (unpaired) electrons. The molecule has 1 atom stereocenters. The van der Waals surface area contributed by atoms with Gasteiger partial charge in [-0.2, -0.15) is 5.10 Å². The van der Waals surface area contributed by atoms with Crippen molar-refractivity contribution < 1.29 is 14.3 Å². The highest BCUT2D eigenvalue weighted by atomic mass is 16.5. The zero-order valence-corrected chi connectivity index (χ0v) is 17.7. The Morgan fingerprint density at radius 2 is 1.77 bits per heavy atom. The smallest absolute Gasteiger partial charge is 0.310 e. The molecule has 0 N–H and O–H groups in total. The van der Waals surface area contributed by atoms with E-state index < -0.39 is 0 Å². The van der Waals surface area contributed by atoms with Crippen LogP contribution in [0.4, 0.5) is 0 Å². The molecule has 1 aliphatic rings. The molecule has 1 saturated heterocycles. The minimum atomic E-state index is -0.266. The molecule has 3 aromatic rings. The van der Waals surface area contributed by atoms with Crippen LogP contribution in [0.2, 0.25) is 0 Å². The average Bonchev–Trinajstić information content (AvgIpc) is 3.23. The second-order valence-electron chi connectivity index (χ2n) is 7.76. The average molecular weight is 418 g/mol. The van der Waals surface area contributed by atoms with Crippen molar-refractivity contribution in [3.63, 3.8) is 0 Å². The summed E-state index contributed by atoms with van der Waals surface area (Å²) in [6.45, 7) is 3.75. The molecular formula is C25H27N3O3. The SMILES string of the molecule is CCOC(=O)C1CCCN(C(=O)c2cnn(Cc3ccccc3)c2-c2ccccc2)C1. The zero-order valence-electron chi connectivity index (χ0n) is 17.7. The number of hydrogen-bond acceptors (Lipinski definition) is 4. The number of piperidine rings is 1. The van der Waals surface area contributed by atoms with Crippen molar-refractivity contribution in [3.8, 4) is 11.3 Å². The molecule has 0 saturated carbocycles. The van der Waals surface area contributed by atoms with Crippen LogP contribution in [0.1, 0.15) is 35.7 Å². The van der Waals surface area contributed by atoms with Crippen LogP contribution in [0.25, 0.3) is 11.3 Å². The maximum Gasteiger partial charge on any atom is 0.310 e. The van der Waals surface area contributed by atoms with Crippen LogP contribution in [0.5, 0.6) is 0 Å². The first kappa shape index (κ1) is 20.8. The molecule has 0 spiro atoms. The second kappa shape index (κ2) is 9.60. The van der Waals surface area contributed by atoms with E-state index in [1.54, 1.807) is 18.0 Å². The monoisotopic (exact) mass is 417 g/mol. The summed E-state index contributed by atoms with van der Waals surface area (Å²) in [6.07, 6.45) is 3.19. The van der Waals surface area contributed by atoms with Crippen LogP contribution < -0.4 is 0 Å². The number of rotatable bonds is 6. The number of amides is 1. The minimum Gasteiger partial charge on any atom is -0.466 e. The van der Waals surface area contributed by atoms with Gasteiger partial charge < -0.3 is 9.64 Å². The third-order valence-corrected chi connectivity index (χ3v) is 5.62. The number of aromatic nitrogens is 2. The van der Waals surface area contributed by atoms with Gasteiger partial charge in [0.15, 0.2) is 0 Å². The summed E-state index contributed by atoms with van der Waals surface area (Å²) in [5.74, 6) is -0.576. The van der Waals surface area contributed by atoms with E-state index in [1.807, 2.05) is 65.3 Å². The third kappa shape index (κ3) is 4.68. The highest BCUT2D eigenvalue weighted by Gasteiger charge is 2.31. The van der Waals surface area contributed by atoms with E-state index in [-0.39, 0.29) is 17.8 Å². The Labute approximate surface area is 182 Å². The molecule has 160 valence electrons. The van der Waals surface area contributed by atoms with E-state index in [0.717, 1.165) is 29.7 Å². The van der Waals surface area contributed by atoms with Gasteiger partial charge in [-0.25, -0.2) is 0 Å². The Kier molecular flexibility index (Phi) is 6.46. The van der Waals surface area contributed by atoms with Gasteiger partial charge in [-0.3, -0.25) is 14.3 Å². The summed E-state index contributed by atoms with van der Waals surface area (Å²) in [6, 6.07) is 19.9.